The van der Waals surface area contributed by atoms with Crippen LogP contribution in [-0.4, -0.2) is 10.8 Å². The first kappa shape index (κ1) is 9.40. The van der Waals surface area contributed by atoms with E-state index in [9.17, 15) is 4.79 Å². The number of aromatic nitrogens is 1. The van der Waals surface area contributed by atoms with Gasteiger partial charge in [0.25, 0.3) is 0 Å². The predicted molar refractivity (Wildman–Crippen MR) is 56.6 cm³/mol. The average Bonchev–Trinajstić information content (AvgIpc) is 2.58. The van der Waals surface area contributed by atoms with Crippen LogP contribution in [0.15, 0.2) is 22.6 Å². The molecule has 1 heterocycles. The third-order valence-corrected chi connectivity index (χ3v) is 2.43. The number of oxazole rings is 1. The van der Waals surface area contributed by atoms with Crippen LogP contribution >= 0.6 is 15.9 Å². The van der Waals surface area contributed by atoms with Crippen molar-refractivity contribution in [2.45, 2.75) is 12.3 Å². The standard InChI is InChI=1S/C10H8BrNO2/c1-6(13)7-2-3-9-8(4-7)12-10(5-11)14-9/h2-4H,5H2,1H3. The van der Waals surface area contributed by atoms with Crippen LogP contribution in [0.4, 0.5) is 0 Å². The van der Waals surface area contributed by atoms with Crippen molar-refractivity contribution in [3.05, 3.63) is 29.7 Å². The summed E-state index contributed by atoms with van der Waals surface area (Å²) in [5.41, 5.74) is 2.10. The van der Waals surface area contributed by atoms with Gasteiger partial charge in [0, 0.05) is 5.56 Å². The number of rotatable bonds is 2. The van der Waals surface area contributed by atoms with Gasteiger partial charge in [0.1, 0.15) is 5.52 Å². The van der Waals surface area contributed by atoms with Crippen LogP contribution < -0.4 is 0 Å². The summed E-state index contributed by atoms with van der Waals surface area (Å²) in [7, 11) is 0. The number of nitrogens with zero attached hydrogens (tertiary/aromatic N) is 1. The quantitative estimate of drug-likeness (QED) is 0.611. The van der Waals surface area contributed by atoms with Gasteiger partial charge in [-0.3, -0.25) is 4.79 Å². The SMILES string of the molecule is CC(=O)c1ccc2oc(CBr)nc2c1. The molecular formula is C10H8BrNO2. The second kappa shape index (κ2) is 3.53. The number of alkyl halides is 1. The number of benzene rings is 1. The number of hydrogen-bond donors (Lipinski definition) is 0. The van der Waals surface area contributed by atoms with Crippen LogP contribution in [0, 0.1) is 0 Å². The van der Waals surface area contributed by atoms with Crippen molar-refractivity contribution in [1.82, 2.24) is 4.98 Å². The smallest absolute Gasteiger partial charge is 0.206 e. The van der Waals surface area contributed by atoms with E-state index in [0.29, 0.717) is 22.4 Å². The van der Waals surface area contributed by atoms with E-state index in [4.69, 9.17) is 4.42 Å². The van der Waals surface area contributed by atoms with Crippen molar-refractivity contribution in [2.24, 2.45) is 0 Å². The largest absolute Gasteiger partial charge is 0.440 e. The summed E-state index contributed by atoms with van der Waals surface area (Å²) in [5, 5.41) is 0.580. The van der Waals surface area contributed by atoms with Gasteiger partial charge in [-0.2, -0.15) is 0 Å². The van der Waals surface area contributed by atoms with Gasteiger partial charge in [0.2, 0.25) is 5.89 Å². The van der Waals surface area contributed by atoms with E-state index in [2.05, 4.69) is 20.9 Å². The van der Waals surface area contributed by atoms with Crippen LogP contribution in [0.1, 0.15) is 23.2 Å². The second-order valence-electron chi connectivity index (χ2n) is 2.98. The molecule has 0 aliphatic heterocycles. The Labute approximate surface area is 89.3 Å². The molecule has 0 amide bonds. The molecule has 2 aromatic rings. The second-order valence-corrected chi connectivity index (χ2v) is 3.54. The molecule has 72 valence electrons. The molecule has 0 atom stereocenters. The number of Topliss-reactive ketones (excluding diaryl/α,β-unsaturated/α-hetero) is 1. The lowest BCUT2D eigenvalue weighted by Crippen LogP contribution is -1.90. The maximum Gasteiger partial charge on any atom is 0.206 e. The van der Waals surface area contributed by atoms with Crippen LogP contribution in [-0.2, 0) is 5.33 Å². The Balaban J connectivity index is 2.59. The minimum absolute atomic E-state index is 0.0373. The summed E-state index contributed by atoms with van der Waals surface area (Å²) in [6.07, 6.45) is 0. The van der Waals surface area contributed by atoms with Gasteiger partial charge in [0.05, 0.1) is 5.33 Å². The van der Waals surface area contributed by atoms with Crippen LogP contribution in [0.2, 0.25) is 0 Å². The highest BCUT2D eigenvalue weighted by Gasteiger charge is 2.06. The van der Waals surface area contributed by atoms with Crippen molar-refractivity contribution < 1.29 is 9.21 Å². The number of carbonyl (C=O) groups is 1. The van der Waals surface area contributed by atoms with Crippen molar-refractivity contribution >= 4 is 32.8 Å². The first-order chi connectivity index (χ1) is 6.70. The molecule has 3 nitrogen and oxygen atoms in total. The van der Waals surface area contributed by atoms with Gasteiger partial charge >= 0.3 is 0 Å². The van der Waals surface area contributed by atoms with E-state index in [1.807, 2.05) is 0 Å². The minimum atomic E-state index is 0.0373. The normalized spacial score (nSPS) is 10.7. The molecule has 0 bridgehead atoms. The number of ketones is 1. The molecule has 0 unspecified atom stereocenters. The molecule has 0 N–H and O–H groups in total. The molecule has 0 saturated carbocycles. The maximum absolute atomic E-state index is 11.1. The lowest BCUT2D eigenvalue weighted by Gasteiger charge is -1.92. The van der Waals surface area contributed by atoms with Crippen molar-refractivity contribution in [2.75, 3.05) is 0 Å². The molecule has 0 saturated heterocycles. The number of fused-ring (bicyclic) bond motifs is 1. The molecule has 4 heteroatoms. The summed E-state index contributed by atoms with van der Waals surface area (Å²) in [6, 6.07) is 5.26. The van der Waals surface area contributed by atoms with Crippen LogP contribution in [0.5, 0.6) is 0 Å². The van der Waals surface area contributed by atoms with Crippen molar-refractivity contribution in [1.29, 1.82) is 0 Å². The van der Waals surface area contributed by atoms with Crippen LogP contribution in [0.25, 0.3) is 11.1 Å². The first-order valence-corrected chi connectivity index (χ1v) is 5.29. The summed E-state index contributed by atoms with van der Waals surface area (Å²) in [5.74, 6) is 0.663. The number of halogens is 1. The van der Waals surface area contributed by atoms with Crippen LogP contribution in [0.3, 0.4) is 0 Å². The van der Waals surface area contributed by atoms with Gasteiger partial charge in [0.15, 0.2) is 11.4 Å². The molecule has 2 rings (SSSR count). The molecule has 0 fully saturated rings. The molecule has 0 spiro atoms. The predicted octanol–water partition coefficient (Wildman–Crippen LogP) is 2.93. The Bertz CT molecular complexity index is 490. The zero-order chi connectivity index (χ0) is 10.1. The summed E-state index contributed by atoms with van der Waals surface area (Å²) in [4.78, 5) is 15.3. The van der Waals surface area contributed by atoms with Gasteiger partial charge in [-0.1, -0.05) is 15.9 Å². The highest BCUT2D eigenvalue weighted by molar-refractivity contribution is 9.08. The topological polar surface area (TPSA) is 43.1 Å². The summed E-state index contributed by atoms with van der Waals surface area (Å²) in [6.45, 7) is 1.53. The fourth-order valence-corrected chi connectivity index (χ4v) is 1.49. The number of hydrogen-bond acceptors (Lipinski definition) is 3. The summed E-state index contributed by atoms with van der Waals surface area (Å²) >= 11 is 3.26. The van der Waals surface area contributed by atoms with Gasteiger partial charge in [-0.15, -0.1) is 0 Å². The van der Waals surface area contributed by atoms with Gasteiger partial charge in [-0.05, 0) is 25.1 Å². The van der Waals surface area contributed by atoms with E-state index in [1.165, 1.54) is 6.92 Å². The molecule has 1 aromatic carbocycles. The number of carbonyl (C=O) groups excluding carboxylic acids is 1. The highest BCUT2D eigenvalue weighted by Crippen LogP contribution is 2.18. The summed E-state index contributed by atoms with van der Waals surface area (Å²) < 4.78 is 5.38. The highest BCUT2D eigenvalue weighted by atomic mass is 79.9. The van der Waals surface area contributed by atoms with Gasteiger partial charge in [-0.25, -0.2) is 4.98 Å². The van der Waals surface area contributed by atoms with E-state index >= 15 is 0 Å². The third-order valence-electron chi connectivity index (χ3n) is 1.95. The molecule has 0 radical (unpaired) electrons. The Kier molecular flexibility index (Phi) is 2.37. The van der Waals surface area contributed by atoms with E-state index in [0.717, 1.165) is 5.52 Å². The lowest BCUT2D eigenvalue weighted by atomic mass is 10.1. The minimum Gasteiger partial charge on any atom is -0.440 e. The van der Waals surface area contributed by atoms with Crippen molar-refractivity contribution in [3.63, 3.8) is 0 Å². The Hall–Kier alpha value is -1.16. The zero-order valence-corrected chi connectivity index (χ0v) is 9.17. The fraction of sp³-hybridized carbons (Fsp3) is 0.200. The molecule has 1 aromatic heterocycles. The molecular weight excluding hydrogens is 246 g/mol. The third kappa shape index (κ3) is 1.57. The van der Waals surface area contributed by atoms with E-state index in [1.54, 1.807) is 18.2 Å². The lowest BCUT2D eigenvalue weighted by molar-refractivity contribution is 0.101. The first-order valence-electron chi connectivity index (χ1n) is 4.17. The fourth-order valence-electron chi connectivity index (χ4n) is 1.25. The Morgan fingerprint density at radius 1 is 1.57 bits per heavy atom. The average molecular weight is 254 g/mol. The van der Waals surface area contributed by atoms with E-state index < -0.39 is 0 Å². The van der Waals surface area contributed by atoms with E-state index in [-0.39, 0.29) is 5.78 Å². The molecule has 14 heavy (non-hydrogen) atoms. The molecule has 0 aliphatic rings. The maximum atomic E-state index is 11.1. The molecule has 0 aliphatic carbocycles. The Morgan fingerprint density at radius 3 is 3.00 bits per heavy atom. The monoisotopic (exact) mass is 253 g/mol. The zero-order valence-electron chi connectivity index (χ0n) is 7.58. The van der Waals surface area contributed by atoms with Crippen molar-refractivity contribution in [3.8, 4) is 0 Å². The van der Waals surface area contributed by atoms with Gasteiger partial charge < -0.3 is 4.42 Å². The Morgan fingerprint density at radius 2 is 2.36 bits per heavy atom.